The van der Waals surface area contributed by atoms with Crippen molar-refractivity contribution in [1.29, 1.82) is 0 Å². The number of aliphatic hydroxyl groups excluding tert-OH is 2. The number of aromatic nitrogens is 4. The number of nitrogen functional groups attached to an aromatic ring is 1. The highest BCUT2D eigenvalue weighted by Crippen LogP contribution is 2.34. The molecule has 1 saturated heterocycles. The molecule has 2 aromatic rings. The second-order valence-electron chi connectivity index (χ2n) is 6.04. The zero-order valence-electron chi connectivity index (χ0n) is 14.4. The monoisotopic (exact) mass is 404 g/mol. The van der Waals surface area contributed by atoms with E-state index in [-0.39, 0.29) is 11.5 Å². The molecule has 0 aromatic carbocycles. The van der Waals surface area contributed by atoms with Crippen molar-refractivity contribution in [2.45, 2.75) is 37.6 Å². The smallest absolute Gasteiger partial charge is 0.333 e. The van der Waals surface area contributed by atoms with E-state index in [4.69, 9.17) is 19.8 Å². The lowest BCUT2D eigenvalue weighted by Crippen LogP contribution is -2.39. The minimum Gasteiger partial charge on any atom is -0.387 e. The first-order valence-electron chi connectivity index (χ1n) is 7.89. The van der Waals surface area contributed by atoms with Crippen molar-refractivity contribution in [3.8, 4) is 0 Å². The number of rotatable bonds is 6. The standard InChI is InChI=1S/C13H20N6O7S/c1-5(25-2)8-7-11(14)15-4-16-12(7)19(18-8)13-10(21)9(20)6(26-13)3-17-27(22,23)24/h4-6,9-10,13,17,20-21H,3H2,1-2H3,(H2,14,15,16)(H,22,23,24)/t5?,6-,9-,10-,13-/m1/s1. The quantitative estimate of drug-likeness (QED) is 0.338. The first-order chi connectivity index (χ1) is 12.6. The lowest BCUT2D eigenvalue weighted by atomic mass is 10.1. The van der Waals surface area contributed by atoms with Crippen molar-refractivity contribution < 1.29 is 32.7 Å². The molecule has 27 heavy (non-hydrogen) atoms. The van der Waals surface area contributed by atoms with Gasteiger partial charge >= 0.3 is 10.3 Å². The number of ether oxygens (including phenoxy) is 2. The first kappa shape index (κ1) is 19.8. The van der Waals surface area contributed by atoms with Crippen molar-refractivity contribution in [3.63, 3.8) is 0 Å². The van der Waals surface area contributed by atoms with Crippen LogP contribution in [0, 0.1) is 0 Å². The fourth-order valence-electron chi connectivity index (χ4n) is 2.88. The predicted octanol–water partition coefficient (Wildman–Crippen LogP) is -1.87. The van der Waals surface area contributed by atoms with Gasteiger partial charge in [-0.15, -0.1) is 0 Å². The molecule has 0 amide bonds. The normalized spacial score (nSPS) is 27.3. The summed E-state index contributed by atoms with van der Waals surface area (Å²) in [7, 11) is -3.00. The minimum absolute atomic E-state index is 0.155. The van der Waals surface area contributed by atoms with Gasteiger partial charge < -0.3 is 25.4 Å². The van der Waals surface area contributed by atoms with Crippen LogP contribution in [0.25, 0.3) is 11.0 Å². The van der Waals surface area contributed by atoms with Crippen LogP contribution in [0.4, 0.5) is 5.82 Å². The molecule has 0 spiro atoms. The van der Waals surface area contributed by atoms with Gasteiger partial charge in [0.25, 0.3) is 0 Å². The Morgan fingerprint density at radius 2 is 2.11 bits per heavy atom. The van der Waals surface area contributed by atoms with Gasteiger partial charge in [0.05, 0.1) is 11.5 Å². The summed E-state index contributed by atoms with van der Waals surface area (Å²) in [5.41, 5.74) is 6.59. The number of fused-ring (bicyclic) bond motifs is 1. The summed E-state index contributed by atoms with van der Waals surface area (Å²) in [6.07, 6.45) is -4.44. The Morgan fingerprint density at radius 3 is 2.74 bits per heavy atom. The molecule has 3 rings (SSSR count). The molecule has 14 heteroatoms. The van der Waals surface area contributed by atoms with Crippen LogP contribution in [0.2, 0.25) is 0 Å². The van der Waals surface area contributed by atoms with Crippen molar-refractivity contribution in [2.75, 3.05) is 19.4 Å². The van der Waals surface area contributed by atoms with Crippen molar-refractivity contribution >= 4 is 27.2 Å². The molecule has 1 fully saturated rings. The van der Waals surface area contributed by atoms with Gasteiger partial charge in [0.15, 0.2) is 11.9 Å². The zero-order chi connectivity index (χ0) is 19.9. The summed E-state index contributed by atoms with van der Waals surface area (Å²) >= 11 is 0. The fraction of sp³-hybridized carbons (Fsp3) is 0.615. The molecule has 1 unspecified atom stereocenters. The van der Waals surface area contributed by atoms with Crippen LogP contribution >= 0.6 is 0 Å². The van der Waals surface area contributed by atoms with E-state index >= 15 is 0 Å². The van der Waals surface area contributed by atoms with Crippen LogP contribution in [0.5, 0.6) is 0 Å². The van der Waals surface area contributed by atoms with Gasteiger partial charge in [-0.25, -0.2) is 14.6 Å². The molecule has 0 radical (unpaired) electrons. The van der Waals surface area contributed by atoms with Gasteiger partial charge in [-0.1, -0.05) is 0 Å². The largest absolute Gasteiger partial charge is 0.387 e. The lowest BCUT2D eigenvalue weighted by Gasteiger charge is -2.15. The molecule has 2 aromatic heterocycles. The third kappa shape index (κ3) is 3.73. The number of methoxy groups -OCH3 is 1. The van der Waals surface area contributed by atoms with E-state index in [2.05, 4.69) is 15.1 Å². The molecule has 3 heterocycles. The molecule has 1 aliphatic rings. The number of aliphatic hydroxyl groups is 2. The fourth-order valence-corrected chi connectivity index (χ4v) is 3.26. The molecule has 1 aliphatic heterocycles. The number of hydrogen-bond acceptors (Lipinski definition) is 10. The van der Waals surface area contributed by atoms with Crippen LogP contribution in [0.15, 0.2) is 6.33 Å². The Hall–Kier alpha value is -1.94. The maximum absolute atomic E-state index is 10.8. The van der Waals surface area contributed by atoms with Crippen molar-refractivity contribution in [3.05, 3.63) is 12.0 Å². The Balaban J connectivity index is 1.99. The number of nitrogens with one attached hydrogen (secondary N) is 1. The Kier molecular flexibility index (Phi) is 5.31. The summed E-state index contributed by atoms with van der Waals surface area (Å²) in [6.45, 7) is 1.28. The highest BCUT2D eigenvalue weighted by atomic mass is 32.2. The second kappa shape index (κ2) is 7.23. The number of hydrogen-bond donors (Lipinski definition) is 5. The van der Waals surface area contributed by atoms with Gasteiger partial charge in [0, 0.05) is 13.7 Å². The van der Waals surface area contributed by atoms with Crippen LogP contribution in [-0.4, -0.2) is 74.9 Å². The van der Waals surface area contributed by atoms with E-state index in [1.807, 2.05) is 0 Å². The maximum atomic E-state index is 10.8. The van der Waals surface area contributed by atoms with Gasteiger partial charge in [0.2, 0.25) is 0 Å². The van der Waals surface area contributed by atoms with Gasteiger partial charge in [-0.3, -0.25) is 4.55 Å². The maximum Gasteiger partial charge on any atom is 0.333 e. The third-order valence-electron chi connectivity index (χ3n) is 4.33. The molecule has 0 saturated carbocycles. The summed E-state index contributed by atoms with van der Waals surface area (Å²) in [5.74, 6) is 0.155. The topological polar surface area (TPSA) is 195 Å². The first-order valence-corrected chi connectivity index (χ1v) is 9.33. The third-order valence-corrected chi connectivity index (χ3v) is 4.86. The van der Waals surface area contributed by atoms with Gasteiger partial charge in [0.1, 0.15) is 36.2 Å². The minimum atomic E-state index is -4.48. The Bertz CT molecular complexity index is 935. The van der Waals surface area contributed by atoms with E-state index in [0.29, 0.717) is 11.1 Å². The Morgan fingerprint density at radius 1 is 1.41 bits per heavy atom. The summed E-state index contributed by atoms with van der Waals surface area (Å²) in [6, 6.07) is 0. The molecule has 5 atom stereocenters. The molecular weight excluding hydrogens is 384 g/mol. The molecule has 6 N–H and O–H groups in total. The van der Waals surface area contributed by atoms with Crippen molar-refractivity contribution in [1.82, 2.24) is 24.5 Å². The number of anilines is 1. The summed E-state index contributed by atoms with van der Waals surface area (Å²) < 4.78 is 44.3. The van der Waals surface area contributed by atoms with Gasteiger partial charge in [-0.2, -0.15) is 18.2 Å². The van der Waals surface area contributed by atoms with Crippen molar-refractivity contribution in [2.24, 2.45) is 0 Å². The van der Waals surface area contributed by atoms with Crippen LogP contribution < -0.4 is 10.5 Å². The van der Waals surface area contributed by atoms with E-state index in [0.717, 1.165) is 0 Å². The zero-order valence-corrected chi connectivity index (χ0v) is 15.2. The highest BCUT2D eigenvalue weighted by molar-refractivity contribution is 7.83. The molecular formula is C13H20N6O7S. The molecule has 0 aliphatic carbocycles. The molecule has 13 nitrogen and oxygen atoms in total. The SMILES string of the molecule is COC(C)c1nn([C@@H]2O[C@H](CNS(=O)(=O)O)[C@@H](O)[C@H]2O)c2ncnc(N)c12. The van der Waals surface area contributed by atoms with E-state index in [1.165, 1.54) is 18.1 Å². The number of nitrogens with two attached hydrogens (primary N) is 1. The van der Waals surface area contributed by atoms with E-state index in [9.17, 15) is 18.6 Å². The molecule has 0 bridgehead atoms. The highest BCUT2D eigenvalue weighted by Gasteiger charge is 2.45. The average Bonchev–Trinajstić information content (AvgIpc) is 3.12. The number of nitrogens with zero attached hydrogens (tertiary/aromatic N) is 4. The molecule has 150 valence electrons. The van der Waals surface area contributed by atoms with E-state index < -0.39 is 47.5 Å². The van der Waals surface area contributed by atoms with E-state index in [1.54, 1.807) is 11.6 Å². The lowest BCUT2D eigenvalue weighted by molar-refractivity contribution is -0.0409. The predicted molar refractivity (Wildman–Crippen MR) is 90.6 cm³/mol. The second-order valence-corrected chi connectivity index (χ2v) is 7.27. The summed E-state index contributed by atoms with van der Waals surface area (Å²) in [4.78, 5) is 8.05. The van der Waals surface area contributed by atoms with Crippen LogP contribution in [-0.2, 0) is 19.8 Å². The van der Waals surface area contributed by atoms with Crippen LogP contribution in [0.3, 0.4) is 0 Å². The summed E-state index contributed by atoms with van der Waals surface area (Å²) in [5, 5.41) is 25.3. The average molecular weight is 404 g/mol. The van der Waals surface area contributed by atoms with Gasteiger partial charge in [-0.05, 0) is 6.92 Å². The Labute approximate surface area is 154 Å². The van der Waals surface area contributed by atoms with Crippen LogP contribution in [0.1, 0.15) is 24.9 Å².